The third-order valence-electron chi connectivity index (χ3n) is 6.65. The summed E-state index contributed by atoms with van der Waals surface area (Å²) >= 11 is 0. The van der Waals surface area contributed by atoms with E-state index in [0.29, 0.717) is 13.7 Å². The van der Waals surface area contributed by atoms with Crippen LogP contribution in [0.15, 0.2) is 87.2 Å². The van der Waals surface area contributed by atoms with Crippen molar-refractivity contribution in [2.45, 2.75) is 39.3 Å². The van der Waals surface area contributed by atoms with Crippen LogP contribution < -0.4 is 17.1 Å². The molecule has 6 rings (SSSR count). The van der Waals surface area contributed by atoms with E-state index in [1.54, 1.807) is 72.5 Å². The minimum absolute atomic E-state index is 0.127. The molecule has 0 saturated heterocycles. The van der Waals surface area contributed by atoms with Gasteiger partial charge in [-0.2, -0.15) is 39.5 Å². The fraction of sp³-hybridized carbons (Fsp3) is 0.200. The van der Waals surface area contributed by atoms with E-state index in [4.69, 9.17) is 0 Å². The van der Waals surface area contributed by atoms with E-state index < -0.39 is 53.1 Å². The highest BCUT2D eigenvalue weighted by atomic mass is 19.4. The monoisotopic (exact) mass is 729 g/mol. The highest BCUT2D eigenvalue weighted by Crippen LogP contribution is 2.30. The standard InChI is InChI=1S/3C10H8F3N3O/c3*1-6-2-4-7(5-3-6)16-8(10(11,12)13)14-15-9(16)17/h3*2-5H,1H3,(H,15,17). The number of hydrogen-bond acceptors (Lipinski definition) is 6. The quantitative estimate of drug-likeness (QED) is 0.200. The van der Waals surface area contributed by atoms with Gasteiger partial charge in [0.15, 0.2) is 0 Å². The number of H-pyrrole nitrogens is 3. The van der Waals surface area contributed by atoms with Gasteiger partial charge in [0.05, 0.1) is 17.1 Å². The molecule has 0 spiro atoms. The van der Waals surface area contributed by atoms with Crippen molar-refractivity contribution in [1.29, 1.82) is 0 Å². The van der Waals surface area contributed by atoms with Crippen molar-refractivity contribution in [3.05, 3.63) is 138 Å². The first-order valence-corrected chi connectivity index (χ1v) is 14.1. The molecular weight excluding hydrogens is 705 g/mol. The summed E-state index contributed by atoms with van der Waals surface area (Å²) in [6.07, 6.45) is -14.0. The number of benzene rings is 3. The maximum Gasteiger partial charge on any atom is 0.452 e. The van der Waals surface area contributed by atoms with Crippen LogP contribution >= 0.6 is 0 Å². The molecule has 0 amide bonds. The highest BCUT2D eigenvalue weighted by molar-refractivity contribution is 5.37. The largest absolute Gasteiger partial charge is 0.452 e. The molecule has 6 aromatic rings. The van der Waals surface area contributed by atoms with E-state index in [0.717, 1.165) is 16.7 Å². The average molecular weight is 730 g/mol. The zero-order valence-electron chi connectivity index (χ0n) is 26.2. The molecule has 0 fully saturated rings. The van der Waals surface area contributed by atoms with Crippen LogP contribution in [0.1, 0.15) is 34.2 Å². The second-order valence-electron chi connectivity index (χ2n) is 10.6. The van der Waals surface area contributed by atoms with Gasteiger partial charge >= 0.3 is 35.6 Å². The number of aromatic amines is 3. The Hall–Kier alpha value is -6.15. The Morgan fingerprint density at radius 1 is 0.412 bits per heavy atom. The second-order valence-corrected chi connectivity index (χ2v) is 10.6. The molecule has 51 heavy (non-hydrogen) atoms. The number of aromatic nitrogens is 9. The van der Waals surface area contributed by atoms with Gasteiger partial charge in [-0.25, -0.2) is 43.4 Å². The molecule has 3 aromatic heterocycles. The SMILES string of the molecule is Cc1ccc(-n2c(C(F)(F)F)n[nH]c2=O)cc1.Cc1ccc(-n2c(C(F)(F)F)n[nH]c2=O)cc1.Cc1ccc(-n2c(C(F)(F)F)n[nH]c2=O)cc1. The maximum absolute atomic E-state index is 12.6. The molecule has 3 N–H and O–H groups in total. The minimum Gasteiger partial charge on any atom is -0.246 e. The molecule has 0 saturated carbocycles. The Labute approximate surface area is 278 Å². The van der Waals surface area contributed by atoms with Gasteiger partial charge in [0.2, 0.25) is 17.5 Å². The van der Waals surface area contributed by atoms with E-state index in [2.05, 4.69) is 15.3 Å². The molecule has 0 bridgehead atoms. The normalized spacial score (nSPS) is 11.8. The third kappa shape index (κ3) is 8.91. The van der Waals surface area contributed by atoms with Crippen LogP contribution in [0, 0.1) is 20.8 Å². The molecule has 0 aliphatic heterocycles. The van der Waals surface area contributed by atoms with Crippen molar-refractivity contribution in [1.82, 2.24) is 44.3 Å². The molecule has 0 aliphatic carbocycles. The van der Waals surface area contributed by atoms with Gasteiger partial charge in [0, 0.05) is 0 Å². The summed E-state index contributed by atoms with van der Waals surface area (Å²) in [5.74, 6) is -3.77. The van der Waals surface area contributed by atoms with Crippen molar-refractivity contribution in [3.63, 3.8) is 0 Å². The lowest BCUT2D eigenvalue weighted by Crippen LogP contribution is -2.21. The minimum atomic E-state index is -4.68. The van der Waals surface area contributed by atoms with Gasteiger partial charge < -0.3 is 0 Å². The Morgan fingerprint density at radius 2 is 0.608 bits per heavy atom. The number of hydrogen-bond donors (Lipinski definition) is 3. The van der Waals surface area contributed by atoms with Crippen LogP contribution in [-0.2, 0) is 18.5 Å². The van der Waals surface area contributed by atoms with Gasteiger partial charge in [0.1, 0.15) is 0 Å². The van der Waals surface area contributed by atoms with Crippen LogP contribution in [0.2, 0.25) is 0 Å². The molecule has 3 heterocycles. The lowest BCUT2D eigenvalue weighted by Gasteiger charge is -2.08. The number of rotatable bonds is 3. The summed E-state index contributed by atoms with van der Waals surface area (Å²) in [4.78, 5) is 34.0. The van der Waals surface area contributed by atoms with Gasteiger partial charge in [0.25, 0.3) is 0 Å². The van der Waals surface area contributed by atoms with E-state index in [9.17, 15) is 53.9 Å². The van der Waals surface area contributed by atoms with Crippen LogP contribution in [0.25, 0.3) is 17.1 Å². The molecule has 0 atom stereocenters. The predicted octanol–water partition coefficient (Wildman–Crippen LogP) is 5.66. The van der Waals surface area contributed by atoms with Gasteiger partial charge in [-0.3, -0.25) is 0 Å². The van der Waals surface area contributed by atoms with Crippen molar-refractivity contribution in [2.75, 3.05) is 0 Å². The number of nitrogens with one attached hydrogen (secondary N) is 3. The summed E-state index contributed by atoms with van der Waals surface area (Å²) in [7, 11) is 0. The summed E-state index contributed by atoms with van der Waals surface area (Å²) in [5, 5.41) is 14.3. The number of nitrogens with zero attached hydrogens (tertiary/aromatic N) is 6. The Bertz CT molecular complexity index is 2000. The Morgan fingerprint density at radius 3 is 0.784 bits per heavy atom. The molecule has 3 aromatic carbocycles. The van der Waals surface area contributed by atoms with E-state index in [-0.39, 0.29) is 17.1 Å². The zero-order chi connectivity index (χ0) is 37.9. The summed E-state index contributed by atoms with van der Waals surface area (Å²) < 4.78 is 115. The van der Waals surface area contributed by atoms with Crippen molar-refractivity contribution in [2.24, 2.45) is 0 Å². The van der Waals surface area contributed by atoms with Crippen LogP contribution in [0.5, 0.6) is 0 Å². The van der Waals surface area contributed by atoms with Crippen molar-refractivity contribution >= 4 is 0 Å². The fourth-order valence-electron chi connectivity index (χ4n) is 4.26. The van der Waals surface area contributed by atoms with Crippen molar-refractivity contribution in [3.8, 4) is 17.1 Å². The number of alkyl halides is 9. The zero-order valence-corrected chi connectivity index (χ0v) is 26.2. The lowest BCUT2D eigenvalue weighted by atomic mass is 10.2. The summed E-state index contributed by atoms with van der Waals surface area (Å²) in [6.45, 7) is 5.39. The second kappa shape index (κ2) is 14.4. The maximum atomic E-state index is 12.6. The molecule has 21 heteroatoms. The average Bonchev–Trinajstić information content (AvgIpc) is 3.75. The van der Waals surface area contributed by atoms with Gasteiger partial charge in [-0.1, -0.05) is 53.1 Å². The smallest absolute Gasteiger partial charge is 0.246 e. The molecule has 12 nitrogen and oxygen atoms in total. The lowest BCUT2D eigenvalue weighted by molar-refractivity contribution is -0.147. The van der Waals surface area contributed by atoms with Crippen LogP contribution in [0.3, 0.4) is 0 Å². The number of aryl methyl sites for hydroxylation is 3. The predicted molar refractivity (Wildman–Crippen MR) is 162 cm³/mol. The summed E-state index contributed by atoms with van der Waals surface area (Å²) in [5.41, 5.74) is 0.296. The summed E-state index contributed by atoms with van der Waals surface area (Å²) in [6, 6.07) is 18.3. The molecule has 0 aliphatic rings. The number of halogens is 9. The molecule has 270 valence electrons. The Balaban J connectivity index is 0.000000172. The van der Waals surface area contributed by atoms with Gasteiger partial charge in [-0.15, -0.1) is 15.3 Å². The molecule has 0 radical (unpaired) electrons. The van der Waals surface area contributed by atoms with Crippen LogP contribution in [-0.4, -0.2) is 44.3 Å². The van der Waals surface area contributed by atoms with E-state index in [1.807, 2.05) is 0 Å². The van der Waals surface area contributed by atoms with E-state index in [1.165, 1.54) is 36.4 Å². The third-order valence-corrected chi connectivity index (χ3v) is 6.65. The van der Waals surface area contributed by atoms with Crippen molar-refractivity contribution < 1.29 is 39.5 Å². The molecule has 0 unspecified atom stereocenters. The topological polar surface area (TPSA) is 152 Å². The fourth-order valence-corrected chi connectivity index (χ4v) is 4.26. The first-order valence-electron chi connectivity index (χ1n) is 14.1. The highest BCUT2D eigenvalue weighted by Gasteiger charge is 2.40. The van der Waals surface area contributed by atoms with E-state index >= 15 is 0 Å². The van der Waals surface area contributed by atoms with Gasteiger partial charge in [-0.05, 0) is 57.2 Å². The first-order chi connectivity index (χ1) is 23.7. The van der Waals surface area contributed by atoms with Crippen LogP contribution in [0.4, 0.5) is 39.5 Å². The Kier molecular flexibility index (Phi) is 10.6. The molecular formula is C30H24F9N9O3. The first kappa shape index (κ1) is 37.7.